The Morgan fingerprint density at radius 1 is 1.12 bits per heavy atom. The van der Waals surface area contributed by atoms with Gasteiger partial charge in [-0.2, -0.15) is 8.78 Å². The maximum Gasteiger partial charge on any atom is 0.387 e. The first-order valence-electron chi connectivity index (χ1n) is 9.94. The molecule has 0 bridgehead atoms. The zero-order valence-corrected chi connectivity index (χ0v) is 18.5. The normalized spacial score (nSPS) is 13.6. The number of amides is 1. The van der Waals surface area contributed by atoms with E-state index in [2.05, 4.69) is 25.2 Å². The Balaban J connectivity index is 1.47. The summed E-state index contributed by atoms with van der Waals surface area (Å²) in [5.74, 6) is 0.537. The molecule has 1 fully saturated rings. The number of hydrogen-bond donors (Lipinski definition) is 1. The molecule has 0 unspecified atom stereocenters. The number of nitrogens with zero attached hydrogens (tertiary/aromatic N) is 4. The SMILES string of the molecule is O=C(CSc1nnc(N2CCCC2)n1-c1ccccc1Cl)Nc1ccc(OC(F)F)cc1. The average molecular weight is 480 g/mol. The van der Waals surface area contributed by atoms with Gasteiger partial charge < -0.3 is 15.0 Å². The average Bonchev–Trinajstić information content (AvgIpc) is 3.43. The summed E-state index contributed by atoms with van der Waals surface area (Å²) in [6.45, 7) is -1.12. The highest BCUT2D eigenvalue weighted by molar-refractivity contribution is 7.99. The third kappa shape index (κ3) is 5.31. The van der Waals surface area contributed by atoms with Crippen LogP contribution < -0.4 is 15.0 Å². The molecule has 3 aromatic rings. The van der Waals surface area contributed by atoms with Crippen molar-refractivity contribution in [3.63, 3.8) is 0 Å². The fourth-order valence-corrected chi connectivity index (χ4v) is 4.33. The van der Waals surface area contributed by atoms with Crippen LogP contribution in [0.5, 0.6) is 5.75 Å². The molecule has 32 heavy (non-hydrogen) atoms. The molecule has 2 aromatic carbocycles. The minimum atomic E-state index is -2.90. The minimum absolute atomic E-state index is 0.0228. The number of benzene rings is 2. The molecule has 0 aliphatic carbocycles. The highest BCUT2D eigenvalue weighted by atomic mass is 35.5. The molecule has 0 spiro atoms. The van der Waals surface area contributed by atoms with Gasteiger partial charge >= 0.3 is 6.61 Å². The van der Waals surface area contributed by atoms with Gasteiger partial charge in [-0.05, 0) is 49.2 Å². The molecule has 1 aromatic heterocycles. The molecule has 1 N–H and O–H groups in total. The molecule has 0 radical (unpaired) electrons. The predicted octanol–water partition coefficient (Wildman–Crippen LogP) is 4.85. The molecule has 0 saturated carbocycles. The summed E-state index contributed by atoms with van der Waals surface area (Å²) in [7, 11) is 0. The Morgan fingerprint density at radius 2 is 1.84 bits per heavy atom. The second kappa shape index (κ2) is 10.2. The fraction of sp³-hybridized carbons (Fsp3) is 0.286. The van der Waals surface area contributed by atoms with Crippen molar-refractivity contribution < 1.29 is 18.3 Å². The largest absolute Gasteiger partial charge is 0.435 e. The fourth-order valence-electron chi connectivity index (χ4n) is 3.37. The van der Waals surface area contributed by atoms with Crippen molar-refractivity contribution in [2.75, 3.05) is 29.1 Å². The van der Waals surface area contributed by atoms with Crippen LogP contribution in [0.2, 0.25) is 5.02 Å². The molecule has 1 amide bonds. The number of anilines is 2. The van der Waals surface area contributed by atoms with Crippen LogP contribution in [-0.4, -0.2) is 46.1 Å². The van der Waals surface area contributed by atoms with E-state index < -0.39 is 6.61 Å². The van der Waals surface area contributed by atoms with Crippen LogP contribution in [0.1, 0.15) is 12.8 Å². The van der Waals surface area contributed by atoms with E-state index in [-0.39, 0.29) is 17.4 Å². The second-order valence-electron chi connectivity index (χ2n) is 7.00. The Kier molecular flexibility index (Phi) is 7.11. The number of ether oxygens (including phenoxy) is 1. The zero-order valence-electron chi connectivity index (χ0n) is 16.9. The lowest BCUT2D eigenvalue weighted by Crippen LogP contribution is -2.22. The summed E-state index contributed by atoms with van der Waals surface area (Å²) >= 11 is 7.68. The quantitative estimate of drug-likeness (QED) is 0.465. The summed E-state index contributed by atoms with van der Waals surface area (Å²) in [6.07, 6.45) is 2.17. The van der Waals surface area contributed by atoms with Crippen molar-refractivity contribution in [3.8, 4) is 11.4 Å². The molecule has 0 atom stereocenters. The smallest absolute Gasteiger partial charge is 0.387 e. The predicted molar refractivity (Wildman–Crippen MR) is 120 cm³/mol. The number of thioether (sulfide) groups is 1. The minimum Gasteiger partial charge on any atom is -0.435 e. The molecule has 11 heteroatoms. The van der Waals surface area contributed by atoms with E-state index in [0.29, 0.717) is 21.8 Å². The number of halogens is 3. The Hall–Kier alpha value is -2.85. The molecule has 168 valence electrons. The number of alkyl halides is 2. The van der Waals surface area contributed by atoms with Crippen molar-refractivity contribution in [1.29, 1.82) is 0 Å². The van der Waals surface area contributed by atoms with Gasteiger partial charge in [0.1, 0.15) is 5.75 Å². The number of carbonyl (C=O) groups excluding carboxylic acids is 1. The van der Waals surface area contributed by atoms with E-state index in [4.69, 9.17) is 11.6 Å². The zero-order chi connectivity index (χ0) is 22.5. The van der Waals surface area contributed by atoms with E-state index in [0.717, 1.165) is 31.6 Å². The number of aromatic nitrogens is 3. The first-order valence-corrected chi connectivity index (χ1v) is 11.3. The number of rotatable bonds is 8. The van der Waals surface area contributed by atoms with Gasteiger partial charge in [-0.15, -0.1) is 10.2 Å². The molecule has 1 saturated heterocycles. The van der Waals surface area contributed by atoms with Crippen molar-refractivity contribution in [3.05, 3.63) is 53.6 Å². The standard InChI is InChI=1S/C21H20ClF2N5O2S/c22-16-5-1-2-6-17(16)29-20(28-11-3-4-12-28)26-27-21(29)32-13-18(30)25-14-7-9-15(10-8-14)31-19(23)24/h1-2,5-10,19H,3-4,11-13H2,(H,25,30). The lowest BCUT2D eigenvalue weighted by Gasteiger charge is -2.19. The van der Waals surface area contributed by atoms with Crippen LogP contribution in [0.3, 0.4) is 0 Å². The Bertz CT molecular complexity index is 1070. The van der Waals surface area contributed by atoms with E-state index >= 15 is 0 Å². The summed E-state index contributed by atoms with van der Waals surface area (Å²) in [5, 5.41) is 12.5. The first-order chi connectivity index (χ1) is 15.5. The van der Waals surface area contributed by atoms with Gasteiger partial charge in [0, 0.05) is 18.8 Å². The second-order valence-corrected chi connectivity index (χ2v) is 8.35. The monoisotopic (exact) mass is 479 g/mol. The molecular weight excluding hydrogens is 460 g/mol. The molecular formula is C21H20ClF2N5O2S. The van der Waals surface area contributed by atoms with E-state index in [1.165, 1.54) is 36.0 Å². The third-order valence-corrected chi connectivity index (χ3v) is 6.04. The number of para-hydroxylation sites is 1. The van der Waals surface area contributed by atoms with Crippen LogP contribution in [0.25, 0.3) is 5.69 Å². The van der Waals surface area contributed by atoms with Crippen molar-refractivity contribution in [2.24, 2.45) is 0 Å². The molecule has 1 aliphatic rings. The van der Waals surface area contributed by atoms with Crippen molar-refractivity contribution >= 4 is 40.9 Å². The first kappa shape index (κ1) is 22.3. The summed E-state index contributed by atoms with van der Waals surface area (Å²) < 4.78 is 30.7. The molecule has 7 nitrogen and oxygen atoms in total. The highest BCUT2D eigenvalue weighted by Gasteiger charge is 2.24. The summed E-state index contributed by atoms with van der Waals surface area (Å²) in [4.78, 5) is 14.6. The lowest BCUT2D eigenvalue weighted by molar-refractivity contribution is -0.113. The van der Waals surface area contributed by atoms with Crippen LogP contribution in [-0.2, 0) is 4.79 Å². The maximum atomic E-state index is 12.4. The van der Waals surface area contributed by atoms with Crippen LogP contribution in [0.15, 0.2) is 53.7 Å². The Labute approximate surface area is 192 Å². The van der Waals surface area contributed by atoms with E-state index in [1.807, 2.05) is 22.8 Å². The molecule has 2 heterocycles. The van der Waals surface area contributed by atoms with Crippen LogP contribution in [0, 0.1) is 0 Å². The third-order valence-electron chi connectivity index (χ3n) is 4.79. The van der Waals surface area contributed by atoms with Crippen LogP contribution >= 0.6 is 23.4 Å². The maximum absolute atomic E-state index is 12.4. The lowest BCUT2D eigenvalue weighted by atomic mass is 10.3. The summed E-state index contributed by atoms with van der Waals surface area (Å²) in [6, 6.07) is 13.2. The Morgan fingerprint density at radius 3 is 2.53 bits per heavy atom. The number of carbonyl (C=O) groups is 1. The number of nitrogens with one attached hydrogen (secondary N) is 1. The van der Waals surface area contributed by atoms with Gasteiger partial charge in [0.25, 0.3) is 0 Å². The topological polar surface area (TPSA) is 72.3 Å². The van der Waals surface area contributed by atoms with Gasteiger partial charge in [0.15, 0.2) is 5.16 Å². The van der Waals surface area contributed by atoms with Gasteiger partial charge in [-0.25, -0.2) is 0 Å². The van der Waals surface area contributed by atoms with E-state index in [9.17, 15) is 13.6 Å². The van der Waals surface area contributed by atoms with Gasteiger partial charge in [-0.1, -0.05) is 35.5 Å². The van der Waals surface area contributed by atoms with Crippen LogP contribution in [0.4, 0.5) is 20.4 Å². The van der Waals surface area contributed by atoms with Crippen molar-refractivity contribution in [1.82, 2.24) is 14.8 Å². The van der Waals surface area contributed by atoms with Crippen molar-refractivity contribution in [2.45, 2.75) is 24.6 Å². The molecule has 1 aliphatic heterocycles. The van der Waals surface area contributed by atoms with Gasteiger partial charge in [0.2, 0.25) is 11.9 Å². The van der Waals surface area contributed by atoms with Gasteiger partial charge in [0.05, 0.1) is 16.5 Å². The van der Waals surface area contributed by atoms with E-state index in [1.54, 1.807) is 6.07 Å². The van der Waals surface area contributed by atoms with Gasteiger partial charge in [-0.3, -0.25) is 9.36 Å². The number of hydrogen-bond acceptors (Lipinski definition) is 6. The highest BCUT2D eigenvalue weighted by Crippen LogP contribution is 2.32. The summed E-state index contributed by atoms with van der Waals surface area (Å²) in [5.41, 5.74) is 1.22. The molecule has 4 rings (SSSR count).